The molecule has 51 heavy (non-hydrogen) atoms. The summed E-state index contributed by atoms with van der Waals surface area (Å²) in [6.07, 6.45) is 1.63. The average molecular weight is 718 g/mol. The molecular formula is C37H47N7O6S. The van der Waals surface area contributed by atoms with Crippen molar-refractivity contribution in [1.29, 1.82) is 0 Å². The van der Waals surface area contributed by atoms with Gasteiger partial charge in [-0.15, -0.1) is 11.3 Å². The molecule has 1 aromatic heterocycles. The minimum atomic E-state index is -1.03. The number of thiophene rings is 1. The zero-order valence-electron chi connectivity index (χ0n) is 29.4. The number of aryl methyl sites for hydroxylation is 1. The predicted molar refractivity (Wildman–Crippen MR) is 197 cm³/mol. The van der Waals surface area contributed by atoms with Crippen molar-refractivity contribution in [1.82, 2.24) is 20.9 Å². The molecule has 4 rings (SSSR count). The molecule has 3 aromatic rings. The Morgan fingerprint density at radius 3 is 2.24 bits per heavy atom. The third-order valence-corrected chi connectivity index (χ3v) is 9.44. The molecule has 1 aliphatic heterocycles. The highest BCUT2D eigenvalue weighted by molar-refractivity contribution is 7.09. The van der Waals surface area contributed by atoms with E-state index in [1.807, 2.05) is 62.5 Å². The Balaban J connectivity index is 1.33. The van der Waals surface area contributed by atoms with Gasteiger partial charge in [0.1, 0.15) is 24.2 Å². The number of urea groups is 1. The normalized spacial score (nSPS) is 15.7. The fourth-order valence-electron chi connectivity index (χ4n) is 5.87. The van der Waals surface area contributed by atoms with Crippen LogP contribution in [0, 0.1) is 12.8 Å². The van der Waals surface area contributed by atoms with E-state index < -0.39 is 53.8 Å². The minimum absolute atomic E-state index is 0.0110. The molecule has 1 aliphatic rings. The fraction of sp³-hybridized carbons (Fsp3) is 0.405. The largest absolute Gasteiger partial charge is 0.368 e. The number of nitrogens with two attached hydrogens (primary N) is 1. The van der Waals surface area contributed by atoms with Gasteiger partial charge in [0.2, 0.25) is 29.5 Å². The SMILES string of the molecule is Cc1ccccc1NC(=O)Nc1ccc(CC(=O)N[C@@H](CC(C)C)C(=O)N[C@@H](C)C(=O)N[C@@H](Cc2cccs2)C(=O)N2CCC[C@@H]2C(N)=O)cc1. The smallest absolute Gasteiger partial charge is 0.323 e. The summed E-state index contributed by atoms with van der Waals surface area (Å²) in [4.78, 5) is 80.1. The highest BCUT2D eigenvalue weighted by Crippen LogP contribution is 2.21. The highest BCUT2D eigenvalue weighted by atomic mass is 32.1. The molecule has 2 heterocycles. The summed E-state index contributed by atoms with van der Waals surface area (Å²) in [5.74, 6) is -2.45. The molecule has 0 aliphatic carbocycles. The number of para-hydroxylation sites is 1. The van der Waals surface area contributed by atoms with Crippen LogP contribution in [0.5, 0.6) is 0 Å². The van der Waals surface area contributed by atoms with Crippen molar-refractivity contribution in [3.05, 3.63) is 82.0 Å². The first kappa shape index (κ1) is 38.6. The van der Waals surface area contributed by atoms with Gasteiger partial charge in [-0.05, 0) is 79.8 Å². The second kappa shape index (κ2) is 18.1. The number of primary amides is 1. The van der Waals surface area contributed by atoms with Crippen molar-refractivity contribution < 1.29 is 28.8 Å². The van der Waals surface area contributed by atoms with E-state index >= 15 is 0 Å². The van der Waals surface area contributed by atoms with E-state index in [4.69, 9.17) is 5.73 Å². The molecule has 0 radical (unpaired) electrons. The fourth-order valence-corrected chi connectivity index (χ4v) is 6.62. The summed E-state index contributed by atoms with van der Waals surface area (Å²) in [5.41, 5.74) is 8.39. The number of carbonyl (C=O) groups excluding carboxylic acids is 6. The van der Waals surface area contributed by atoms with Gasteiger partial charge >= 0.3 is 6.03 Å². The van der Waals surface area contributed by atoms with Crippen molar-refractivity contribution >= 4 is 58.3 Å². The molecule has 0 saturated carbocycles. The quantitative estimate of drug-likeness (QED) is 0.139. The van der Waals surface area contributed by atoms with Gasteiger partial charge in [0.05, 0.1) is 6.42 Å². The summed E-state index contributed by atoms with van der Waals surface area (Å²) in [7, 11) is 0. The number of carbonyl (C=O) groups is 6. The van der Waals surface area contributed by atoms with Crippen molar-refractivity contribution in [3.8, 4) is 0 Å². The van der Waals surface area contributed by atoms with Gasteiger partial charge in [-0.2, -0.15) is 0 Å². The Labute approximate surface area is 302 Å². The predicted octanol–water partition coefficient (Wildman–Crippen LogP) is 3.48. The Morgan fingerprint density at radius 1 is 0.863 bits per heavy atom. The molecule has 272 valence electrons. The van der Waals surface area contributed by atoms with Gasteiger partial charge < -0.3 is 37.2 Å². The third-order valence-electron chi connectivity index (χ3n) is 8.54. The van der Waals surface area contributed by atoms with Crippen LogP contribution >= 0.6 is 11.3 Å². The second-order valence-corrected chi connectivity index (χ2v) is 14.2. The van der Waals surface area contributed by atoms with E-state index in [9.17, 15) is 28.8 Å². The maximum absolute atomic E-state index is 13.6. The molecule has 4 atom stereocenters. The molecule has 1 fully saturated rings. The number of benzene rings is 2. The van der Waals surface area contributed by atoms with Gasteiger partial charge in [0.25, 0.3) is 0 Å². The zero-order chi connectivity index (χ0) is 37.1. The number of anilines is 2. The van der Waals surface area contributed by atoms with E-state index in [1.165, 1.54) is 23.2 Å². The van der Waals surface area contributed by atoms with E-state index in [2.05, 4.69) is 26.6 Å². The molecule has 7 N–H and O–H groups in total. The van der Waals surface area contributed by atoms with Crippen LogP contribution in [0.25, 0.3) is 0 Å². The van der Waals surface area contributed by atoms with Crippen LogP contribution in [0.4, 0.5) is 16.2 Å². The van der Waals surface area contributed by atoms with E-state index in [1.54, 1.807) is 24.3 Å². The van der Waals surface area contributed by atoms with Crippen LogP contribution < -0.4 is 32.3 Å². The third kappa shape index (κ3) is 11.4. The van der Waals surface area contributed by atoms with Crippen LogP contribution in [0.15, 0.2) is 66.0 Å². The minimum Gasteiger partial charge on any atom is -0.368 e. The number of likely N-dealkylation sites (tertiary alicyclic amines) is 1. The number of hydrogen-bond acceptors (Lipinski definition) is 7. The number of nitrogens with zero attached hydrogens (tertiary/aromatic N) is 1. The monoisotopic (exact) mass is 717 g/mol. The molecule has 0 unspecified atom stereocenters. The van der Waals surface area contributed by atoms with Crippen LogP contribution in [-0.4, -0.2) is 71.2 Å². The number of hydrogen-bond donors (Lipinski definition) is 6. The lowest BCUT2D eigenvalue weighted by molar-refractivity contribution is -0.141. The van der Waals surface area contributed by atoms with Gasteiger partial charge in [-0.3, -0.25) is 24.0 Å². The van der Waals surface area contributed by atoms with Crippen LogP contribution in [0.1, 0.15) is 56.0 Å². The summed E-state index contributed by atoms with van der Waals surface area (Å²) in [5, 5.41) is 15.7. The number of nitrogens with one attached hydrogen (secondary N) is 5. The molecule has 0 bridgehead atoms. The number of rotatable bonds is 15. The van der Waals surface area contributed by atoms with Gasteiger partial charge in [0.15, 0.2) is 0 Å². The first-order valence-corrected chi connectivity index (χ1v) is 17.9. The van der Waals surface area contributed by atoms with Crippen LogP contribution in [-0.2, 0) is 36.8 Å². The summed E-state index contributed by atoms with van der Waals surface area (Å²) in [6, 6.07) is 13.9. The molecule has 1 saturated heterocycles. The van der Waals surface area contributed by atoms with Crippen molar-refractivity contribution in [2.75, 3.05) is 17.2 Å². The first-order chi connectivity index (χ1) is 24.3. The molecular weight excluding hydrogens is 671 g/mol. The number of amides is 7. The molecule has 13 nitrogen and oxygen atoms in total. The lowest BCUT2D eigenvalue weighted by atomic mass is 10.0. The maximum atomic E-state index is 13.6. The molecule has 0 spiro atoms. The Hall–Kier alpha value is -5.24. The van der Waals surface area contributed by atoms with Gasteiger partial charge in [-0.25, -0.2) is 4.79 Å². The second-order valence-electron chi connectivity index (χ2n) is 13.2. The highest BCUT2D eigenvalue weighted by Gasteiger charge is 2.37. The summed E-state index contributed by atoms with van der Waals surface area (Å²) in [6.45, 7) is 7.60. The molecule has 14 heteroatoms. The Kier molecular flexibility index (Phi) is 13.7. The maximum Gasteiger partial charge on any atom is 0.323 e. The standard InChI is InChI=1S/C37H47N7O6S/c1-22(2)19-29(41-32(45)20-25-13-15-26(16-14-25)40-37(50)43-28-11-6-5-9-23(28)3)35(48)39-24(4)34(47)42-30(21-27-10-8-18-51-27)36(49)44-17-7-12-31(44)33(38)46/h5-6,8-11,13-16,18,22,24,29-31H,7,12,17,19-21H2,1-4H3,(H2,38,46)(H,39,48)(H,41,45)(H,42,47)(H2,40,43,50)/t24-,29-,30-,31+/m0/s1. The van der Waals surface area contributed by atoms with Crippen LogP contribution in [0.3, 0.4) is 0 Å². The van der Waals surface area contributed by atoms with E-state index in [0.717, 1.165) is 10.4 Å². The van der Waals surface area contributed by atoms with E-state index in [0.29, 0.717) is 42.7 Å². The lowest BCUT2D eigenvalue weighted by Crippen LogP contribution is -2.58. The molecule has 7 amide bonds. The summed E-state index contributed by atoms with van der Waals surface area (Å²) < 4.78 is 0. The lowest BCUT2D eigenvalue weighted by Gasteiger charge is -2.29. The van der Waals surface area contributed by atoms with E-state index in [-0.39, 0.29) is 24.7 Å². The topological polar surface area (TPSA) is 192 Å². The van der Waals surface area contributed by atoms with Gasteiger partial charge in [-0.1, -0.05) is 50.2 Å². The van der Waals surface area contributed by atoms with Crippen molar-refractivity contribution in [2.24, 2.45) is 11.7 Å². The summed E-state index contributed by atoms with van der Waals surface area (Å²) >= 11 is 1.44. The zero-order valence-corrected chi connectivity index (χ0v) is 30.2. The average Bonchev–Trinajstić information content (AvgIpc) is 3.78. The van der Waals surface area contributed by atoms with Gasteiger partial charge in [0, 0.05) is 29.2 Å². The van der Waals surface area contributed by atoms with Crippen LogP contribution in [0.2, 0.25) is 0 Å². The van der Waals surface area contributed by atoms with Crippen molar-refractivity contribution in [3.63, 3.8) is 0 Å². The Bertz CT molecular complexity index is 1700. The first-order valence-electron chi connectivity index (χ1n) is 17.1. The Morgan fingerprint density at radius 2 is 1.59 bits per heavy atom. The molecule has 2 aromatic carbocycles. The van der Waals surface area contributed by atoms with Crippen molar-refractivity contribution in [2.45, 2.75) is 84.0 Å².